The molecular weight excluding hydrogens is 264 g/mol. The normalized spacial score (nSPS) is 12.0. The van der Waals surface area contributed by atoms with Gasteiger partial charge >= 0.3 is 0 Å². The molecule has 0 amide bonds. The number of anilines is 1. The Hall–Kier alpha value is -2.04. The molecule has 0 aromatic heterocycles. The van der Waals surface area contributed by atoms with Crippen molar-refractivity contribution in [2.24, 2.45) is 5.73 Å². The lowest BCUT2D eigenvalue weighted by atomic mass is 10.0. The minimum Gasteiger partial charge on any atom is -0.497 e. The highest BCUT2D eigenvalue weighted by molar-refractivity contribution is 5.50. The van der Waals surface area contributed by atoms with Crippen molar-refractivity contribution in [1.82, 2.24) is 0 Å². The summed E-state index contributed by atoms with van der Waals surface area (Å²) in [6.45, 7) is 1.14. The van der Waals surface area contributed by atoms with Crippen LogP contribution in [0.2, 0.25) is 0 Å². The smallest absolute Gasteiger partial charge is 0.120 e. The molecular formula is C17H22N2O2. The van der Waals surface area contributed by atoms with Crippen LogP contribution in [-0.4, -0.2) is 20.8 Å². The summed E-state index contributed by atoms with van der Waals surface area (Å²) in [5, 5.41) is 3.43. The fraction of sp³-hybridized carbons (Fsp3) is 0.294. The highest BCUT2D eigenvalue weighted by Gasteiger charge is 2.09. The van der Waals surface area contributed by atoms with Crippen molar-refractivity contribution in [2.45, 2.75) is 12.6 Å². The van der Waals surface area contributed by atoms with E-state index in [4.69, 9.17) is 15.2 Å². The molecule has 0 fully saturated rings. The number of hydrogen-bond donors (Lipinski definition) is 2. The number of benzene rings is 2. The van der Waals surface area contributed by atoms with Gasteiger partial charge < -0.3 is 20.5 Å². The van der Waals surface area contributed by atoms with Gasteiger partial charge in [0.25, 0.3) is 0 Å². The van der Waals surface area contributed by atoms with Crippen LogP contribution < -0.4 is 15.8 Å². The molecule has 0 spiro atoms. The van der Waals surface area contributed by atoms with Crippen molar-refractivity contribution in [1.29, 1.82) is 0 Å². The first-order valence-corrected chi connectivity index (χ1v) is 6.95. The molecule has 0 saturated carbocycles. The Morgan fingerprint density at radius 3 is 2.48 bits per heavy atom. The minimum atomic E-state index is 0.0636. The van der Waals surface area contributed by atoms with Crippen LogP contribution in [0.1, 0.15) is 17.2 Å². The quantitative estimate of drug-likeness (QED) is 0.821. The van der Waals surface area contributed by atoms with Crippen molar-refractivity contribution >= 4 is 5.69 Å². The third-order valence-electron chi connectivity index (χ3n) is 3.34. The summed E-state index contributed by atoms with van der Waals surface area (Å²) < 4.78 is 10.4. The van der Waals surface area contributed by atoms with Crippen molar-refractivity contribution < 1.29 is 9.47 Å². The molecule has 0 bridgehead atoms. The number of hydrogen-bond acceptors (Lipinski definition) is 4. The monoisotopic (exact) mass is 286 g/mol. The molecule has 0 aliphatic heterocycles. The Kier molecular flexibility index (Phi) is 5.60. The van der Waals surface area contributed by atoms with E-state index in [0.29, 0.717) is 13.2 Å². The first-order chi connectivity index (χ1) is 10.3. The molecule has 2 aromatic carbocycles. The number of rotatable bonds is 7. The van der Waals surface area contributed by atoms with Gasteiger partial charge in [-0.05, 0) is 23.3 Å². The zero-order valence-electron chi connectivity index (χ0n) is 12.5. The van der Waals surface area contributed by atoms with Crippen LogP contribution in [0.4, 0.5) is 5.69 Å². The van der Waals surface area contributed by atoms with Crippen molar-refractivity contribution in [3.63, 3.8) is 0 Å². The van der Waals surface area contributed by atoms with Gasteiger partial charge in [0.2, 0.25) is 0 Å². The van der Waals surface area contributed by atoms with Crippen LogP contribution in [0.15, 0.2) is 48.5 Å². The van der Waals surface area contributed by atoms with E-state index in [-0.39, 0.29) is 6.04 Å². The largest absolute Gasteiger partial charge is 0.497 e. The number of nitrogens with two attached hydrogens (primary N) is 1. The lowest BCUT2D eigenvalue weighted by Gasteiger charge is -2.19. The minimum absolute atomic E-state index is 0.0636. The molecule has 0 aliphatic rings. The van der Waals surface area contributed by atoms with Gasteiger partial charge in [-0.1, -0.05) is 30.3 Å². The molecule has 3 N–H and O–H groups in total. The molecule has 1 atom stereocenters. The summed E-state index contributed by atoms with van der Waals surface area (Å²) in [4.78, 5) is 0. The maximum Gasteiger partial charge on any atom is 0.120 e. The molecule has 0 saturated heterocycles. The Balaban J connectivity index is 2.11. The second kappa shape index (κ2) is 7.67. The van der Waals surface area contributed by atoms with Crippen LogP contribution in [0.25, 0.3) is 0 Å². The van der Waals surface area contributed by atoms with Crippen LogP contribution >= 0.6 is 0 Å². The van der Waals surface area contributed by atoms with E-state index in [1.807, 2.05) is 24.3 Å². The summed E-state index contributed by atoms with van der Waals surface area (Å²) in [6.07, 6.45) is 0. The van der Waals surface area contributed by atoms with E-state index < -0.39 is 0 Å². The molecule has 4 nitrogen and oxygen atoms in total. The molecule has 21 heavy (non-hydrogen) atoms. The van der Waals surface area contributed by atoms with E-state index in [1.165, 1.54) is 0 Å². The molecule has 0 heterocycles. The van der Waals surface area contributed by atoms with Crippen LogP contribution in [0, 0.1) is 0 Å². The van der Waals surface area contributed by atoms with Crippen molar-refractivity contribution in [3.8, 4) is 5.75 Å². The number of methoxy groups -OCH3 is 2. The second-order valence-corrected chi connectivity index (χ2v) is 4.84. The molecule has 2 aromatic rings. The van der Waals surface area contributed by atoms with Gasteiger partial charge in [0.05, 0.1) is 19.8 Å². The van der Waals surface area contributed by atoms with Gasteiger partial charge in [-0.3, -0.25) is 0 Å². The fourth-order valence-electron chi connectivity index (χ4n) is 2.21. The Morgan fingerprint density at radius 2 is 1.86 bits per heavy atom. The van der Waals surface area contributed by atoms with E-state index >= 15 is 0 Å². The predicted molar refractivity (Wildman–Crippen MR) is 85.6 cm³/mol. The van der Waals surface area contributed by atoms with Gasteiger partial charge in [-0.2, -0.15) is 0 Å². The van der Waals surface area contributed by atoms with Gasteiger partial charge in [0.1, 0.15) is 5.75 Å². The first kappa shape index (κ1) is 15.4. The molecule has 0 aliphatic carbocycles. The standard InChI is InChI=1S/C17H22N2O2/c1-20-12-13-6-8-14(9-7-13)17(11-18)19-15-4-3-5-16(10-15)21-2/h3-10,17,19H,11-12,18H2,1-2H3. The SMILES string of the molecule is COCc1ccc(C(CN)Nc2cccc(OC)c2)cc1. The fourth-order valence-corrected chi connectivity index (χ4v) is 2.21. The maximum absolute atomic E-state index is 5.90. The molecule has 2 rings (SSSR count). The lowest BCUT2D eigenvalue weighted by Crippen LogP contribution is -2.20. The predicted octanol–water partition coefficient (Wildman–Crippen LogP) is 2.95. The zero-order chi connectivity index (χ0) is 15.1. The van der Waals surface area contributed by atoms with E-state index in [0.717, 1.165) is 22.6 Å². The average Bonchev–Trinajstić information content (AvgIpc) is 2.54. The van der Waals surface area contributed by atoms with E-state index in [9.17, 15) is 0 Å². The van der Waals surface area contributed by atoms with Crippen LogP contribution in [-0.2, 0) is 11.3 Å². The summed E-state index contributed by atoms with van der Waals surface area (Å²) in [6, 6.07) is 16.2. The molecule has 4 heteroatoms. The first-order valence-electron chi connectivity index (χ1n) is 6.95. The maximum atomic E-state index is 5.90. The lowest BCUT2D eigenvalue weighted by molar-refractivity contribution is 0.185. The van der Waals surface area contributed by atoms with Gasteiger partial charge in [0.15, 0.2) is 0 Å². The average molecular weight is 286 g/mol. The molecule has 1 unspecified atom stereocenters. The summed E-state index contributed by atoms with van der Waals surface area (Å²) in [7, 11) is 3.36. The van der Waals surface area contributed by atoms with Gasteiger partial charge in [-0.15, -0.1) is 0 Å². The third-order valence-corrected chi connectivity index (χ3v) is 3.34. The highest BCUT2D eigenvalue weighted by atomic mass is 16.5. The topological polar surface area (TPSA) is 56.5 Å². The van der Waals surface area contributed by atoms with Crippen LogP contribution in [0.5, 0.6) is 5.75 Å². The third kappa shape index (κ3) is 4.21. The molecule has 0 radical (unpaired) electrons. The summed E-state index contributed by atoms with van der Waals surface area (Å²) >= 11 is 0. The van der Waals surface area contributed by atoms with Crippen molar-refractivity contribution in [2.75, 3.05) is 26.1 Å². The van der Waals surface area contributed by atoms with E-state index in [2.05, 4.69) is 29.6 Å². The zero-order valence-corrected chi connectivity index (χ0v) is 12.5. The Labute approximate surface area is 125 Å². The second-order valence-electron chi connectivity index (χ2n) is 4.84. The molecule has 112 valence electrons. The number of ether oxygens (including phenoxy) is 2. The van der Waals surface area contributed by atoms with Crippen molar-refractivity contribution in [3.05, 3.63) is 59.7 Å². The Bertz CT molecular complexity index is 555. The summed E-state index contributed by atoms with van der Waals surface area (Å²) in [5.74, 6) is 0.825. The number of nitrogens with one attached hydrogen (secondary N) is 1. The van der Waals surface area contributed by atoms with Crippen LogP contribution in [0.3, 0.4) is 0 Å². The van der Waals surface area contributed by atoms with Gasteiger partial charge in [0, 0.05) is 25.4 Å². The summed E-state index contributed by atoms with van der Waals surface area (Å²) in [5.41, 5.74) is 9.20. The highest BCUT2D eigenvalue weighted by Crippen LogP contribution is 2.22. The van der Waals surface area contributed by atoms with E-state index in [1.54, 1.807) is 14.2 Å². The van der Waals surface area contributed by atoms with Gasteiger partial charge in [-0.25, -0.2) is 0 Å². The Morgan fingerprint density at radius 1 is 1.10 bits per heavy atom.